The summed E-state index contributed by atoms with van der Waals surface area (Å²) in [5.74, 6) is 0. The van der Waals surface area contributed by atoms with Gasteiger partial charge in [0, 0.05) is 22.8 Å². The summed E-state index contributed by atoms with van der Waals surface area (Å²) < 4.78 is 1.64. The Labute approximate surface area is 127 Å². The first-order chi connectivity index (χ1) is 10.0. The number of fused-ring (bicyclic) bond motifs is 1. The van der Waals surface area contributed by atoms with Crippen molar-refractivity contribution in [2.45, 2.75) is 27.3 Å². The SMILES string of the molecule is Cc1ccc(C)c(NCc2cc(=O)n3c(C)csc3n2)c1. The van der Waals surface area contributed by atoms with Gasteiger partial charge in [0.1, 0.15) is 0 Å². The van der Waals surface area contributed by atoms with Gasteiger partial charge >= 0.3 is 0 Å². The number of hydrogen-bond donors (Lipinski definition) is 1. The van der Waals surface area contributed by atoms with Gasteiger partial charge in [-0.1, -0.05) is 12.1 Å². The lowest BCUT2D eigenvalue weighted by molar-refractivity contribution is 0.964. The van der Waals surface area contributed by atoms with Crippen LogP contribution in [-0.2, 0) is 6.54 Å². The lowest BCUT2D eigenvalue weighted by atomic mass is 10.1. The number of hydrogen-bond acceptors (Lipinski definition) is 4. The molecule has 4 nitrogen and oxygen atoms in total. The maximum atomic E-state index is 12.1. The lowest BCUT2D eigenvalue weighted by Gasteiger charge is -2.10. The highest BCUT2D eigenvalue weighted by Gasteiger charge is 2.07. The van der Waals surface area contributed by atoms with Crippen LogP contribution in [0.15, 0.2) is 34.4 Å². The van der Waals surface area contributed by atoms with Crippen LogP contribution in [0.25, 0.3) is 4.96 Å². The summed E-state index contributed by atoms with van der Waals surface area (Å²) >= 11 is 1.49. The largest absolute Gasteiger partial charge is 0.379 e. The molecule has 0 fully saturated rings. The topological polar surface area (TPSA) is 46.4 Å². The maximum absolute atomic E-state index is 12.1. The number of nitrogens with zero attached hydrogens (tertiary/aromatic N) is 2. The molecule has 108 valence electrons. The predicted molar refractivity (Wildman–Crippen MR) is 87.3 cm³/mol. The third-order valence-electron chi connectivity index (χ3n) is 3.48. The van der Waals surface area contributed by atoms with Crippen molar-refractivity contribution in [1.29, 1.82) is 0 Å². The fraction of sp³-hybridized carbons (Fsp3) is 0.250. The van der Waals surface area contributed by atoms with Crippen LogP contribution in [0, 0.1) is 20.8 Å². The summed E-state index contributed by atoms with van der Waals surface area (Å²) in [6, 6.07) is 7.89. The predicted octanol–water partition coefficient (Wildman–Crippen LogP) is 3.29. The highest BCUT2D eigenvalue weighted by atomic mass is 32.1. The zero-order chi connectivity index (χ0) is 15.0. The molecule has 0 atom stereocenters. The van der Waals surface area contributed by atoms with E-state index < -0.39 is 0 Å². The molecule has 3 aromatic rings. The van der Waals surface area contributed by atoms with E-state index in [2.05, 4.69) is 42.3 Å². The number of aryl methyl sites for hydroxylation is 3. The molecule has 0 aliphatic heterocycles. The van der Waals surface area contributed by atoms with Crippen LogP contribution in [0.4, 0.5) is 5.69 Å². The van der Waals surface area contributed by atoms with Crippen molar-refractivity contribution >= 4 is 22.0 Å². The van der Waals surface area contributed by atoms with E-state index in [1.165, 1.54) is 22.5 Å². The van der Waals surface area contributed by atoms with E-state index >= 15 is 0 Å². The Morgan fingerprint density at radius 2 is 2.05 bits per heavy atom. The smallest absolute Gasteiger partial charge is 0.259 e. The monoisotopic (exact) mass is 299 g/mol. The minimum Gasteiger partial charge on any atom is -0.379 e. The van der Waals surface area contributed by atoms with Gasteiger partial charge in [0.25, 0.3) is 5.56 Å². The second-order valence-electron chi connectivity index (χ2n) is 5.25. The normalized spacial score (nSPS) is 11.0. The molecule has 0 radical (unpaired) electrons. The Morgan fingerprint density at radius 1 is 1.24 bits per heavy atom. The minimum absolute atomic E-state index is 0.0171. The van der Waals surface area contributed by atoms with E-state index in [4.69, 9.17) is 0 Å². The zero-order valence-corrected chi connectivity index (χ0v) is 13.1. The Bertz CT molecular complexity index is 864. The van der Waals surface area contributed by atoms with Crippen molar-refractivity contribution in [2.75, 3.05) is 5.32 Å². The van der Waals surface area contributed by atoms with Crippen LogP contribution in [0.2, 0.25) is 0 Å². The quantitative estimate of drug-likeness (QED) is 0.807. The van der Waals surface area contributed by atoms with E-state index in [0.29, 0.717) is 6.54 Å². The summed E-state index contributed by atoms with van der Waals surface area (Å²) in [5.41, 5.74) is 5.16. The van der Waals surface area contributed by atoms with Gasteiger partial charge in [0.2, 0.25) is 0 Å². The second kappa shape index (κ2) is 5.33. The summed E-state index contributed by atoms with van der Waals surface area (Å²) in [6.45, 7) is 6.60. The summed E-state index contributed by atoms with van der Waals surface area (Å²) in [5, 5.41) is 5.31. The fourth-order valence-electron chi connectivity index (χ4n) is 2.30. The standard InChI is InChI=1S/C16H17N3OS/c1-10-4-5-11(2)14(6-10)17-8-13-7-15(20)19-12(3)9-21-16(19)18-13/h4-7,9,17H,8H2,1-3H3. The molecular formula is C16H17N3OS. The highest BCUT2D eigenvalue weighted by molar-refractivity contribution is 7.15. The maximum Gasteiger partial charge on any atom is 0.259 e. The number of nitrogens with one attached hydrogen (secondary N) is 1. The molecule has 0 aliphatic carbocycles. The molecule has 1 aromatic carbocycles. The molecule has 0 saturated heterocycles. The molecule has 0 unspecified atom stereocenters. The first kappa shape index (κ1) is 13.8. The number of thiazole rings is 1. The van der Waals surface area contributed by atoms with Crippen LogP contribution in [-0.4, -0.2) is 9.38 Å². The van der Waals surface area contributed by atoms with E-state index in [1.807, 2.05) is 12.3 Å². The van der Waals surface area contributed by atoms with Gasteiger partial charge in [-0.2, -0.15) is 0 Å². The highest BCUT2D eigenvalue weighted by Crippen LogP contribution is 2.17. The molecule has 1 N–H and O–H groups in total. The molecule has 5 heteroatoms. The van der Waals surface area contributed by atoms with Crippen molar-refractivity contribution in [3.05, 3.63) is 62.5 Å². The average Bonchev–Trinajstić information content (AvgIpc) is 2.82. The minimum atomic E-state index is -0.0171. The molecule has 0 saturated carbocycles. The van der Waals surface area contributed by atoms with E-state index in [0.717, 1.165) is 22.0 Å². The van der Waals surface area contributed by atoms with Crippen molar-refractivity contribution in [1.82, 2.24) is 9.38 Å². The van der Waals surface area contributed by atoms with E-state index in [9.17, 15) is 4.79 Å². The molecule has 0 bridgehead atoms. The van der Waals surface area contributed by atoms with Crippen LogP contribution in [0.3, 0.4) is 0 Å². The van der Waals surface area contributed by atoms with Gasteiger partial charge in [-0.05, 0) is 38.0 Å². The van der Waals surface area contributed by atoms with E-state index in [1.54, 1.807) is 10.5 Å². The summed E-state index contributed by atoms with van der Waals surface area (Å²) in [4.78, 5) is 17.4. The number of benzene rings is 1. The van der Waals surface area contributed by atoms with Crippen molar-refractivity contribution in [3.8, 4) is 0 Å². The third kappa shape index (κ3) is 2.69. The zero-order valence-electron chi connectivity index (χ0n) is 12.3. The average molecular weight is 299 g/mol. The van der Waals surface area contributed by atoms with Crippen LogP contribution < -0.4 is 10.9 Å². The van der Waals surface area contributed by atoms with Crippen molar-refractivity contribution < 1.29 is 0 Å². The summed E-state index contributed by atoms with van der Waals surface area (Å²) in [6.07, 6.45) is 0. The van der Waals surface area contributed by atoms with Gasteiger partial charge in [-0.3, -0.25) is 9.20 Å². The molecular weight excluding hydrogens is 282 g/mol. The van der Waals surface area contributed by atoms with Gasteiger partial charge in [0.05, 0.1) is 12.2 Å². The van der Waals surface area contributed by atoms with Crippen LogP contribution in [0.1, 0.15) is 22.5 Å². The fourth-order valence-corrected chi connectivity index (χ4v) is 3.19. The molecule has 21 heavy (non-hydrogen) atoms. The Morgan fingerprint density at radius 3 is 2.86 bits per heavy atom. The summed E-state index contributed by atoms with van der Waals surface area (Å²) in [7, 11) is 0. The molecule has 0 spiro atoms. The number of anilines is 1. The van der Waals surface area contributed by atoms with Gasteiger partial charge in [-0.25, -0.2) is 4.98 Å². The first-order valence-corrected chi connectivity index (χ1v) is 7.70. The second-order valence-corrected chi connectivity index (χ2v) is 6.09. The molecule has 2 heterocycles. The Hall–Kier alpha value is -2.14. The van der Waals surface area contributed by atoms with Gasteiger partial charge in [0.15, 0.2) is 4.96 Å². The molecule has 3 rings (SSSR count). The Kier molecular flexibility index (Phi) is 3.51. The van der Waals surface area contributed by atoms with Crippen LogP contribution >= 0.6 is 11.3 Å². The molecule has 0 aliphatic rings. The van der Waals surface area contributed by atoms with Gasteiger partial charge in [-0.15, -0.1) is 11.3 Å². The molecule has 2 aromatic heterocycles. The number of rotatable bonds is 3. The third-order valence-corrected chi connectivity index (χ3v) is 4.43. The van der Waals surface area contributed by atoms with Crippen LogP contribution in [0.5, 0.6) is 0 Å². The Balaban J connectivity index is 1.88. The van der Waals surface area contributed by atoms with E-state index in [-0.39, 0.29) is 5.56 Å². The molecule has 0 amide bonds. The lowest BCUT2D eigenvalue weighted by Crippen LogP contribution is -2.16. The number of aromatic nitrogens is 2. The van der Waals surface area contributed by atoms with Crippen molar-refractivity contribution in [3.63, 3.8) is 0 Å². The first-order valence-electron chi connectivity index (χ1n) is 6.82. The van der Waals surface area contributed by atoms with Crippen molar-refractivity contribution in [2.24, 2.45) is 0 Å². The van der Waals surface area contributed by atoms with Gasteiger partial charge < -0.3 is 5.32 Å².